The fraction of sp³-hybridized carbons (Fsp3) is 0.250. The number of amides is 1. The van der Waals surface area contributed by atoms with Crippen molar-refractivity contribution in [3.05, 3.63) is 87.2 Å². The third kappa shape index (κ3) is 6.20. The van der Waals surface area contributed by atoms with Gasteiger partial charge in [-0.1, -0.05) is 24.9 Å². The van der Waals surface area contributed by atoms with Crippen molar-refractivity contribution in [1.29, 1.82) is 5.26 Å². The van der Waals surface area contributed by atoms with E-state index in [1.54, 1.807) is 36.4 Å². The Hall–Kier alpha value is -3.82. The molecule has 0 fully saturated rings. The van der Waals surface area contributed by atoms with E-state index in [0.717, 1.165) is 41.0 Å². The van der Waals surface area contributed by atoms with Gasteiger partial charge in [-0.2, -0.15) is 5.26 Å². The normalized spacial score (nSPS) is 11.1. The molecule has 1 amide bonds. The van der Waals surface area contributed by atoms with Crippen LogP contribution in [0.25, 0.3) is 11.8 Å². The summed E-state index contributed by atoms with van der Waals surface area (Å²) in [5.41, 5.74) is 5.30. The van der Waals surface area contributed by atoms with Gasteiger partial charge in [-0.05, 0) is 92.9 Å². The van der Waals surface area contributed by atoms with Crippen molar-refractivity contribution < 1.29 is 14.3 Å². The Morgan fingerprint density at radius 2 is 1.83 bits per heavy atom. The van der Waals surface area contributed by atoms with E-state index < -0.39 is 5.91 Å². The zero-order chi connectivity index (χ0) is 25.5. The average Bonchev–Trinajstić information content (AvgIpc) is 3.11. The number of anilines is 1. The maximum atomic E-state index is 12.8. The second kappa shape index (κ2) is 11.5. The molecule has 3 aromatic rings. The molecule has 0 aliphatic carbocycles. The number of ether oxygens (including phenoxy) is 1. The van der Waals surface area contributed by atoms with Gasteiger partial charge in [0.15, 0.2) is 0 Å². The van der Waals surface area contributed by atoms with Gasteiger partial charge in [-0.3, -0.25) is 4.79 Å². The van der Waals surface area contributed by atoms with Crippen molar-refractivity contribution in [3.63, 3.8) is 0 Å². The molecule has 1 heterocycles. The lowest BCUT2D eigenvalue weighted by Gasteiger charge is -2.11. The second-order valence-corrected chi connectivity index (χ2v) is 8.72. The summed E-state index contributed by atoms with van der Waals surface area (Å²) in [5.74, 6) is -0.830. The maximum absolute atomic E-state index is 12.8. The fourth-order valence-electron chi connectivity index (χ4n) is 3.73. The molecule has 0 atom stereocenters. The predicted octanol–water partition coefficient (Wildman–Crippen LogP) is 6.56. The van der Waals surface area contributed by atoms with Gasteiger partial charge in [0.25, 0.3) is 5.91 Å². The number of rotatable bonds is 8. The van der Waals surface area contributed by atoms with Crippen LogP contribution in [0, 0.1) is 32.1 Å². The Bertz CT molecular complexity index is 1310. The van der Waals surface area contributed by atoms with Crippen LogP contribution >= 0.6 is 11.6 Å². The largest absolute Gasteiger partial charge is 0.462 e. The lowest BCUT2D eigenvalue weighted by molar-refractivity contribution is -0.112. The standard InChI is InChI=1S/C28H28ClN3O3/c1-5-6-13-35-28(34)21-7-10-25(11-8-21)32-19(3)15-22(20(32)4)16-23(17-30)27(33)31-26-12-9-24(29)14-18(26)2/h7-12,14-16H,5-6,13H2,1-4H3,(H,31,33)/b23-16+. The summed E-state index contributed by atoms with van der Waals surface area (Å²) in [5, 5.41) is 13.0. The first kappa shape index (κ1) is 25.8. The summed E-state index contributed by atoms with van der Waals surface area (Å²) in [6.07, 6.45) is 3.38. The highest BCUT2D eigenvalue weighted by Crippen LogP contribution is 2.24. The Kier molecular flexibility index (Phi) is 8.51. The Balaban J connectivity index is 1.83. The highest BCUT2D eigenvalue weighted by Gasteiger charge is 2.15. The van der Waals surface area contributed by atoms with Crippen LogP contribution < -0.4 is 5.32 Å². The van der Waals surface area contributed by atoms with Crippen molar-refractivity contribution >= 4 is 35.2 Å². The third-order valence-electron chi connectivity index (χ3n) is 5.66. The molecule has 1 N–H and O–H groups in total. The molecule has 0 aliphatic heterocycles. The monoisotopic (exact) mass is 489 g/mol. The molecule has 35 heavy (non-hydrogen) atoms. The van der Waals surface area contributed by atoms with E-state index in [-0.39, 0.29) is 11.5 Å². The molecule has 0 unspecified atom stereocenters. The lowest BCUT2D eigenvalue weighted by Crippen LogP contribution is -2.14. The number of nitrogens with zero attached hydrogens (tertiary/aromatic N) is 2. The van der Waals surface area contributed by atoms with E-state index in [9.17, 15) is 14.9 Å². The molecule has 180 valence electrons. The predicted molar refractivity (Wildman–Crippen MR) is 139 cm³/mol. The first-order chi connectivity index (χ1) is 16.7. The van der Waals surface area contributed by atoms with Crippen LogP contribution in [0.3, 0.4) is 0 Å². The number of hydrogen-bond donors (Lipinski definition) is 1. The first-order valence-electron chi connectivity index (χ1n) is 11.4. The van der Waals surface area contributed by atoms with Gasteiger partial charge in [0.1, 0.15) is 11.6 Å². The Labute approximate surface area is 210 Å². The number of benzene rings is 2. The summed E-state index contributed by atoms with van der Waals surface area (Å²) < 4.78 is 7.28. The molecule has 0 saturated heterocycles. The summed E-state index contributed by atoms with van der Waals surface area (Å²) in [7, 11) is 0. The van der Waals surface area contributed by atoms with Gasteiger partial charge in [0, 0.05) is 27.8 Å². The van der Waals surface area contributed by atoms with Crippen molar-refractivity contribution in [2.75, 3.05) is 11.9 Å². The second-order valence-electron chi connectivity index (χ2n) is 8.28. The van der Waals surface area contributed by atoms with Crippen molar-refractivity contribution in [2.45, 2.75) is 40.5 Å². The van der Waals surface area contributed by atoms with E-state index in [1.165, 1.54) is 0 Å². The molecule has 0 saturated carbocycles. The van der Waals surface area contributed by atoms with Crippen molar-refractivity contribution in [2.24, 2.45) is 0 Å². The smallest absolute Gasteiger partial charge is 0.338 e. The van der Waals surface area contributed by atoms with Gasteiger partial charge < -0.3 is 14.6 Å². The molecule has 6 nitrogen and oxygen atoms in total. The van der Waals surface area contributed by atoms with Crippen LogP contribution in [0.4, 0.5) is 5.69 Å². The maximum Gasteiger partial charge on any atom is 0.338 e. The number of unbranched alkanes of at least 4 members (excludes halogenated alkanes) is 1. The number of halogens is 1. The van der Waals surface area contributed by atoms with Crippen LogP contribution in [-0.2, 0) is 9.53 Å². The quantitative estimate of drug-likeness (QED) is 0.168. The number of carbonyl (C=O) groups is 2. The summed E-state index contributed by atoms with van der Waals surface area (Å²) >= 11 is 5.98. The number of carbonyl (C=O) groups excluding carboxylic acids is 2. The van der Waals surface area contributed by atoms with Gasteiger partial charge in [-0.15, -0.1) is 0 Å². The topological polar surface area (TPSA) is 84.1 Å². The number of aryl methyl sites for hydroxylation is 2. The highest BCUT2D eigenvalue weighted by molar-refractivity contribution is 6.30. The minimum Gasteiger partial charge on any atom is -0.462 e. The summed E-state index contributed by atoms with van der Waals surface area (Å²) in [6, 6.07) is 16.2. The highest BCUT2D eigenvalue weighted by atomic mass is 35.5. The molecular formula is C28H28ClN3O3. The van der Waals surface area contributed by atoms with Gasteiger partial charge in [0.05, 0.1) is 12.2 Å². The van der Waals surface area contributed by atoms with Crippen molar-refractivity contribution in [1.82, 2.24) is 4.57 Å². The molecule has 0 bridgehead atoms. The van der Waals surface area contributed by atoms with E-state index in [1.807, 2.05) is 56.5 Å². The van der Waals surface area contributed by atoms with E-state index in [4.69, 9.17) is 16.3 Å². The van der Waals surface area contributed by atoms with E-state index in [0.29, 0.717) is 22.9 Å². The summed E-state index contributed by atoms with van der Waals surface area (Å²) in [6.45, 7) is 8.15. The Morgan fingerprint density at radius 1 is 1.11 bits per heavy atom. The number of nitrogens with one attached hydrogen (secondary N) is 1. The van der Waals surface area contributed by atoms with Crippen LogP contribution in [0.15, 0.2) is 54.1 Å². The lowest BCUT2D eigenvalue weighted by atomic mass is 10.1. The zero-order valence-corrected chi connectivity index (χ0v) is 21.1. The number of esters is 1. The number of aromatic nitrogens is 1. The molecule has 2 aromatic carbocycles. The molecule has 0 aliphatic rings. The molecular weight excluding hydrogens is 462 g/mol. The molecule has 7 heteroatoms. The van der Waals surface area contributed by atoms with Gasteiger partial charge in [-0.25, -0.2) is 4.79 Å². The average molecular weight is 490 g/mol. The first-order valence-corrected chi connectivity index (χ1v) is 11.8. The van der Waals surface area contributed by atoms with Crippen molar-refractivity contribution in [3.8, 4) is 11.8 Å². The molecule has 0 radical (unpaired) electrons. The number of nitriles is 1. The minimum atomic E-state index is -0.492. The van der Waals surface area contributed by atoms with E-state index in [2.05, 4.69) is 5.32 Å². The fourth-order valence-corrected chi connectivity index (χ4v) is 3.96. The van der Waals surface area contributed by atoms with Crippen LogP contribution in [0.2, 0.25) is 5.02 Å². The minimum absolute atomic E-state index is 0.00947. The van der Waals surface area contributed by atoms with Gasteiger partial charge >= 0.3 is 5.97 Å². The van der Waals surface area contributed by atoms with E-state index >= 15 is 0 Å². The number of hydrogen-bond acceptors (Lipinski definition) is 4. The molecule has 0 spiro atoms. The SMILES string of the molecule is CCCCOC(=O)c1ccc(-n2c(C)cc(/C=C(\C#N)C(=O)Nc3ccc(Cl)cc3C)c2C)cc1. The van der Waals surface area contributed by atoms with Crippen LogP contribution in [0.5, 0.6) is 0 Å². The van der Waals surface area contributed by atoms with Crippen LogP contribution in [-0.4, -0.2) is 23.1 Å². The van der Waals surface area contributed by atoms with Crippen LogP contribution in [0.1, 0.15) is 52.6 Å². The summed E-state index contributed by atoms with van der Waals surface area (Å²) in [4.78, 5) is 24.9. The molecule has 3 rings (SSSR count). The van der Waals surface area contributed by atoms with Gasteiger partial charge in [0.2, 0.25) is 0 Å². The Morgan fingerprint density at radius 3 is 2.46 bits per heavy atom. The molecule has 1 aromatic heterocycles. The zero-order valence-electron chi connectivity index (χ0n) is 20.3. The third-order valence-corrected chi connectivity index (χ3v) is 5.90.